The highest BCUT2D eigenvalue weighted by atomic mass is 35.5. The summed E-state index contributed by atoms with van der Waals surface area (Å²) < 4.78 is 27.6. The smallest absolute Gasteiger partial charge is 0.270 e. The second kappa shape index (κ2) is 9.17. The second-order valence-corrected chi connectivity index (χ2v) is 10.7. The fourth-order valence-electron chi connectivity index (χ4n) is 5.75. The number of carbonyl (C=O) groups is 2. The average molecular weight is 502 g/mol. The van der Waals surface area contributed by atoms with Gasteiger partial charge in [-0.3, -0.25) is 9.59 Å². The SMILES string of the molecule is CC(F)(F)c1ccc(Cl)c(C(=O)NC2CCc3ccc(C(=O)N4CCC5(CCNCC5)C4)cc32)c1. The third-order valence-electron chi connectivity index (χ3n) is 7.88. The van der Waals surface area contributed by atoms with Crippen LogP contribution in [0.4, 0.5) is 8.78 Å². The molecule has 0 saturated carbocycles. The molecule has 3 aliphatic rings. The van der Waals surface area contributed by atoms with Crippen LogP contribution in [0.5, 0.6) is 0 Å². The summed E-state index contributed by atoms with van der Waals surface area (Å²) in [7, 11) is 0. The van der Waals surface area contributed by atoms with Crippen LogP contribution >= 0.6 is 11.6 Å². The van der Waals surface area contributed by atoms with Crippen LogP contribution in [0, 0.1) is 5.41 Å². The maximum absolute atomic E-state index is 13.8. The van der Waals surface area contributed by atoms with Crippen LogP contribution in [0.25, 0.3) is 0 Å². The van der Waals surface area contributed by atoms with Gasteiger partial charge in [0.25, 0.3) is 17.7 Å². The van der Waals surface area contributed by atoms with Gasteiger partial charge in [-0.2, -0.15) is 0 Å². The van der Waals surface area contributed by atoms with Crippen LogP contribution in [-0.4, -0.2) is 42.9 Å². The third-order valence-corrected chi connectivity index (χ3v) is 8.21. The Bertz CT molecular complexity index is 1160. The van der Waals surface area contributed by atoms with Gasteiger partial charge >= 0.3 is 0 Å². The first kappa shape index (κ1) is 24.2. The predicted octanol–water partition coefficient (Wildman–Crippen LogP) is 5.08. The zero-order valence-electron chi connectivity index (χ0n) is 19.8. The molecule has 0 bridgehead atoms. The number of likely N-dealkylation sites (tertiary alicyclic amines) is 1. The number of piperidine rings is 1. The highest BCUT2D eigenvalue weighted by Gasteiger charge is 2.41. The zero-order valence-corrected chi connectivity index (χ0v) is 20.6. The summed E-state index contributed by atoms with van der Waals surface area (Å²) in [5.41, 5.74) is 2.62. The highest BCUT2D eigenvalue weighted by molar-refractivity contribution is 6.33. The van der Waals surface area contributed by atoms with E-state index in [1.807, 2.05) is 23.1 Å². The Labute approximate surface area is 209 Å². The summed E-state index contributed by atoms with van der Waals surface area (Å²) in [6.07, 6.45) is 4.70. The number of hydrogen-bond donors (Lipinski definition) is 2. The van der Waals surface area contributed by atoms with Crippen LogP contribution in [0.1, 0.15) is 76.1 Å². The van der Waals surface area contributed by atoms with Crippen molar-refractivity contribution in [2.24, 2.45) is 5.41 Å². The van der Waals surface area contributed by atoms with Crippen molar-refractivity contribution < 1.29 is 18.4 Å². The highest BCUT2D eigenvalue weighted by Crippen LogP contribution is 2.40. The minimum Gasteiger partial charge on any atom is -0.345 e. The zero-order chi connectivity index (χ0) is 24.8. The molecule has 2 heterocycles. The molecule has 5 rings (SSSR count). The number of nitrogens with one attached hydrogen (secondary N) is 2. The van der Waals surface area contributed by atoms with Crippen molar-refractivity contribution in [3.63, 3.8) is 0 Å². The normalized spacial score (nSPS) is 21.3. The summed E-state index contributed by atoms with van der Waals surface area (Å²) in [6.45, 7) is 4.36. The molecule has 0 aromatic heterocycles. The molecule has 35 heavy (non-hydrogen) atoms. The van der Waals surface area contributed by atoms with Gasteiger partial charge in [-0.05, 0) is 86.0 Å². The Kier molecular flexibility index (Phi) is 6.34. The van der Waals surface area contributed by atoms with Crippen LogP contribution in [-0.2, 0) is 12.3 Å². The van der Waals surface area contributed by atoms with E-state index in [2.05, 4.69) is 10.6 Å². The van der Waals surface area contributed by atoms with E-state index in [1.165, 1.54) is 12.1 Å². The lowest BCUT2D eigenvalue weighted by molar-refractivity contribution is 0.0174. The third kappa shape index (κ3) is 4.81. The molecule has 2 aromatic carbocycles. The lowest BCUT2D eigenvalue weighted by atomic mass is 9.78. The number of alkyl halides is 2. The number of amides is 2. The van der Waals surface area contributed by atoms with Gasteiger partial charge < -0.3 is 15.5 Å². The van der Waals surface area contributed by atoms with Gasteiger partial charge in [0.2, 0.25) is 0 Å². The van der Waals surface area contributed by atoms with E-state index in [-0.39, 0.29) is 33.5 Å². The van der Waals surface area contributed by atoms with E-state index < -0.39 is 11.8 Å². The number of aryl methyl sites for hydroxylation is 1. The fourth-order valence-corrected chi connectivity index (χ4v) is 5.95. The number of hydrogen-bond acceptors (Lipinski definition) is 3. The Morgan fingerprint density at radius 2 is 1.91 bits per heavy atom. The molecule has 5 nitrogen and oxygen atoms in total. The van der Waals surface area contributed by atoms with Crippen molar-refractivity contribution >= 4 is 23.4 Å². The number of carbonyl (C=O) groups excluding carboxylic acids is 2. The van der Waals surface area contributed by atoms with Crippen molar-refractivity contribution in [1.82, 2.24) is 15.5 Å². The standard InChI is InChI=1S/C27H30ClF2N3O2/c1-26(29,30)19-5-6-22(28)21(15-19)24(34)32-23-7-4-17-2-3-18(14-20(17)23)25(35)33-13-10-27(16-33)8-11-31-12-9-27/h2-3,5-6,14-15,23,31H,4,7-13,16H2,1H3,(H,32,34). The molecule has 1 spiro atoms. The van der Waals surface area contributed by atoms with Crippen LogP contribution < -0.4 is 10.6 Å². The van der Waals surface area contributed by atoms with Gasteiger partial charge in [0, 0.05) is 31.1 Å². The van der Waals surface area contributed by atoms with Gasteiger partial charge in [-0.1, -0.05) is 23.7 Å². The fraction of sp³-hybridized carbons (Fsp3) is 0.481. The number of rotatable bonds is 4. The summed E-state index contributed by atoms with van der Waals surface area (Å²) in [6, 6.07) is 9.14. The number of benzene rings is 2. The van der Waals surface area contributed by atoms with Gasteiger partial charge in [-0.15, -0.1) is 0 Å². The molecule has 0 radical (unpaired) electrons. The molecule has 186 valence electrons. The molecule has 1 aliphatic carbocycles. The van der Waals surface area contributed by atoms with E-state index in [1.54, 1.807) is 0 Å². The molecule has 2 fully saturated rings. The molecule has 8 heteroatoms. The van der Waals surface area contributed by atoms with Crippen molar-refractivity contribution in [2.75, 3.05) is 26.2 Å². The number of halogens is 3. The van der Waals surface area contributed by atoms with Crippen molar-refractivity contribution in [3.05, 3.63) is 69.2 Å². The van der Waals surface area contributed by atoms with E-state index in [0.29, 0.717) is 12.0 Å². The molecule has 2 N–H and O–H groups in total. The van der Waals surface area contributed by atoms with Crippen LogP contribution in [0.3, 0.4) is 0 Å². The Balaban J connectivity index is 1.32. The molecule has 2 saturated heterocycles. The van der Waals surface area contributed by atoms with Gasteiger partial charge in [0.15, 0.2) is 0 Å². The molecular weight excluding hydrogens is 472 g/mol. The first-order valence-electron chi connectivity index (χ1n) is 12.3. The van der Waals surface area contributed by atoms with Crippen molar-refractivity contribution in [1.29, 1.82) is 0 Å². The van der Waals surface area contributed by atoms with Gasteiger partial charge in [0.05, 0.1) is 16.6 Å². The molecular formula is C27H30ClF2N3O2. The Hall–Kier alpha value is -2.51. The summed E-state index contributed by atoms with van der Waals surface area (Å²) in [5.74, 6) is -3.54. The Morgan fingerprint density at radius 3 is 2.66 bits per heavy atom. The quantitative estimate of drug-likeness (QED) is 0.614. The topological polar surface area (TPSA) is 61.4 Å². The predicted molar refractivity (Wildman–Crippen MR) is 131 cm³/mol. The lowest BCUT2D eigenvalue weighted by Gasteiger charge is -2.33. The Morgan fingerprint density at radius 1 is 1.14 bits per heavy atom. The van der Waals surface area contributed by atoms with E-state index >= 15 is 0 Å². The summed E-state index contributed by atoms with van der Waals surface area (Å²) >= 11 is 6.17. The summed E-state index contributed by atoms with van der Waals surface area (Å²) in [4.78, 5) is 28.3. The first-order chi connectivity index (χ1) is 16.7. The minimum atomic E-state index is -3.07. The number of fused-ring (bicyclic) bond motifs is 1. The second-order valence-electron chi connectivity index (χ2n) is 10.3. The first-order valence-corrected chi connectivity index (χ1v) is 12.6. The van der Waals surface area contributed by atoms with Crippen LogP contribution in [0.15, 0.2) is 36.4 Å². The van der Waals surface area contributed by atoms with E-state index in [0.717, 1.165) is 76.0 Å². The lowest BCUT2D eigenvalue weighted by Crippen LogP contribution is -2.39. The maximum Gasteiger partial charge on any atom is 0.270 e. The summed E-state index contributed by atoms with van der Waals surface area (Å²) in [5, 5.41) is 6.48. The monoisotopic (exact) mass is 501 g/mol. The molecule has 2 amide bonds. The molecule has 1 atom stereocenters. The van der Waals surface area contributed by atoms with E-state index in [4.69, 9.17) is 11.6 Å². The van der Waals surface area contributed by atoms with Crippen LogP contribution in [0.2, 0.25) is 5.02 Å². The van der Waals surface area contributed by atoms with E-state index in [9.17, 15) is 18.4 Å². The van der Waals surface area contributed by atoms with Gasteiger partial charge in [-0.25, -0.2) is 8.78 Å². The molecule has 2 aromatic rings. The van der Waals surface area contributed by atoms with Gasteiger partial charge in [0.1, 0.15) is 0 Å². The maximum atomic E-state index is 13.8. The molecule has 1 unspecified atom stereocenters. The number of nitrogens with zero attached hydrogens (tertiary/aromatic N) is 1. The average Bonchev–Trinajstić information content (AvgIpc) is 3.42. The minimum absolute atomic E-state index is 0.0238. The van der Waals surface area contributed by atoms with Crippen molar-refractivity contribution in [3.8, 4) is 0 Å². The largest absolute Gasteiger partial charge is 0.345 e. The molecule has 2 aliphatic heterocycles. The van der Waals surface area contributed by atoms with Crippen molar-refractivity contribution in [2.45, 2.75) is 51.0 Å².